The molecule has 0 unspecified atom stereocenters. The highest BCUT2D eigenvalue weighted by molar-refractivity contribution is 5.81. The van der Waals surface area contributed by atoms with Crippen LogP contribution in [-0.2, 0) is 17.9 Å². The van der Waals surface area contributed by atoms with Crippen molar-refractivity contribution in [3.8, 4) is 0 Å². The maximum absolute atomic E-state index is 11.9. The van der Waals surface area contributed by atoms with E-state index in [0.29, 0.717) is 6.54 Å². The molecule has 22 heavy (non-hydrogen) atoms. The number of amides is 1. The second kappa shape index (κ2) is 7.22. The molecule has 2 N–H and O–H groups in total. The molecule has 1 amide bonds. The van der Waals surface area contributed by atoms with E-state index in [-0.39, 0.29) is 11.9 Å². The minimum Gasteiger partial charge on any atom is -0.355 e. The van der Waals surface area contributed by atoms with Gasteiger partial charge in [-0.3, -0.25) is 9.48 Å². The van der Waals surface area contributed by atoms with E-state index in [2.05, 4.69) is 27.9 Å². The monoisotopic (exact) mass is 298 g/mol. The molecule has 0 bridgehead atoms. The Morgan fingerprint density at radius 1 is 1.23 bits per heavy atom. The van der Waals surface area contributed by atoms with Gasteiger partial charge in [-0.25, -0.2) is 0 Å². The molecule has 5 heteroatoms. The number of aromatic nitrogens is 2. The van der Waals surface area contributed by atoms with Crippen LogP contribution in [0, 0.1) is 0 Å². The minimum absolute atomic E-state index is 0.0834. The molecule has 5 nitrogen and oxygen atoms in total. The molecule has 3 rings (SSSR count). The van der Waals surface area contributed by atoms with Gasteiger partial charge in [-0.15, -0.1) is 0 Å². The van der Waals surface area contributed by atoms with Gasteiger partial charge >= 0.3 is 0 Å². The minimum atomic E-state index is -0.0834. The second-order valence-electron chi connectivity index (χ2n) is 5.75. The summed E-state index contributed by atoms with van der Waals surface area (Å²) in [5.41, 5.74) is 2.33. The van der Waals surface area contributed by atoms with Crippen LogP contribution in [-0.4, -0.2) is 28.3 Å². The van der Waals surface area contributed by atoms with Crippen molar-refractivity contribution in [3.63, 3.8) is 0 Å². The molecule has 1 aliphatic rings. The molecule has 0 aliphatic carbocycles. The van der Waals surface area contributed by atoms with Crippen LogP contribution in [0.4, 0.5) is 0 Å². The Morgan fingerprint density at radius 3 is 2.95 bits per heavy atom. The molecule has 0 spiro atoms. The highest BCUT2D eigenvalue weighted by atomic mass is 16.2. The molecule has 1 aromatic carbocycles. The maximum atomic E-state index is 11.9. The molecule has 0 radical (unpaired) electrons. The highest BCUT2D eigenvalue weighted by Crippen LogP contribution is 2.08. The Bertz CT molecular complexity index is 608. The number of rotatable bonds is 5. The Labute approximate surface area is 130 Å². The number of benzene rings is 1. The van der Waals surface area contributed by atoms with Crippen molar-refractivity contribution in [3.05, 3.63) is 53.9 Å². The summed E-state index contributed by atoms with van der Waals surface area (Å²) in [6.07, 6.45) is 6.96. The lowest BCUT2D eigenvalue weighted by atomic mass is 10.1. The van der Waals surface area contributed by atoms with Gasteiger partial charge in [0, 0.05) is 24.8 Å². The van der Waals surface area contributed by atoms with Gasteiger partial charge < -0.3 is 10.6 Å². The van der Waals surface area contributed by atoms with E-state index >= 15 is 0 Å². The number of hydrogen-bond acceptors (Lipinski definition) is 3. The topological polar surface area (TPSA) is 59.0 Å². The van der Waals surface area contributed by atoms with Crippen LogP contribution in [0.2, 0.25) is 0 Å². The van der Waals surface area contributed by atoms with Gasteiger partial charge in [0.1, 0.15) is 0 Å². The molecule has 1 atom stereocenters. The summed E-state index contributed by atoms with van der Waals surface area (Å²) in [6, 6.07) is 10.2. The molecular weight excluding hydrogens is 276 g/mol. The Kier molecular flexibility index (Phi) is 4.85. The number of nitrogens with one attached hydrogen (secondary N) is 2. The van der Waals surface area contributed by atoms with E-state index < -0.39 is 0 Å². The van der Waals surface area contributed by atoms with Crippen LogP contribution >= 0.6 is 0 Å². The van der Waals surface area contributed by atoms with Crippen LogP contribution < -0.4 is 10.6 Å². The summed E-state index contributed by atoms with van der Waals surface area (Å²) in [6.45, 7) is 2.24. The van der Waals surface area contributed by atoms with Crippen molar-refractivity contribution < 1.29 is 4.79 Å². The fraction of sp³-hybridized carbons (Fsp3) is 0.412. The summed E-state index contributed by atoms with van der Waals surface area (Å²) in [5, 5.41) is 10.7. The number of nitrogens with zero attached hydrogens (tertiary/aromatic N) is 2. The summed E-state index contributed by atoms with van der Waals surface area (Å²) in [5.74, 6) is 0.120. The molecule has 2 aromatic rings. The fourth-order valence-electron chi connectivity index (χ4n) is 2.73. The predicted octanol–water partition coefficient (Wildman–Crippen LogP) is 1.69. The Balaban J connectivity index is 1.54. The molecule has 1 fully saturated rings. The molecule has 0 saturated carbocycles. The zero-order chi connectivity index (χ0) is 15.2. The quantitative estimate of drug-likeness (QED) is 0.883. The van der Waals surface area contributed by atoms with E-state index in [1.165, 1.54) is 5.56 Å². The zero-order valence-electron chi connectivity index (χ0n) is 12.7. The third kappa shape index (κ3) is 3.95. The van der Waals surface area contributed by atoms with E-state index in [1.54, 1.807) is 0 Å². The predicted molar refractivity (Wildman–Crippen MR) is 85.3 cm³/mol. The van der Waals surface area contributed by atoms with Gasteiger partial charge in [-0.1, -0.05) is 30.3 Å². The summed E-state index contributed by atoms with van der Waals surface area (Å²) in [4.78, 5) is 11.9. The molecule has 1 aromatic heterocycles. The SMILES string of the molecule is O=C1NCCCC[C@H]1NCc1cnn(Cc2ccccc2)c1. The lowest BCUT2D eigenvalue weighted by Crippen LogP contribution is -2.42. The van der Waals surface area contributed by atoms with Crippen LogP contribution in [0.25, 0.3) is 0 Å². The maximum Gasteiger partial charge on any atom is 0.237 e. The lowest BCUT2D eigenvalue weighted by Gasteiger charge is -2.14. The summed E-state index contributed by atoms with van der Waals surface area (Å²) in [7, 11) is 0. The fourth-order valence-corrected chi connectivity index (χ4v) is 2.73. The zero-order valence-corrected chi connectivity index (χ0v) is 12.7. The Hall–Kier alpha value is -2.14. The van der Waals surface area contributed by atoms with Gasteiger partial charge in [0.15, 0.2) is 0 Å². The van der Waals surface area contributed by atoms with Crippen molar-refractivity contribution in [1.29, 1.82) is 0 Å². The van der Waals surface area contributed by atoms with Crippen LogP contribution in [0.5, 0.6) is 0 Å². The summed E-state index contributed by atoms with van der Waals surface area (Å²) >= 11 is 0. The molecule has 1 aliphatic heterocycles. The van der Waals surface area contributed by atoms with Gasteiger partial charge in [0.05, 0.1) is 18.8 Å². The number of hydrogen-bond donors (Lipinski definition) is 2. The van der Waals surface area contributed by atoms with E-state index in [4.69, 9.17) is 0 Å². The van der Waals surface area contributed by atoms with Crippen LogP contribution in [0.15, 0.2) is 42.7 Å². The van der Waals surface area contributed by atoms with Crippen molar-refractivity contribution >= 4 is 5.91 Å². The standard InChI is InChI=1S/C17H22N4O/c22-17-16(8-4-5-9-18-17)19-10-15-11-20-21(13-15)12-14-6-2-1-3-7-14/h1-3,6-7,11,13,16,19H,4-5,8-10,12H2,(H,18,22)/t16-/m1/s1. The average Bonchev–Trinajstić information content (AvgIpc) is 2.87. The third-order valence-electron chi connectivity index (χ3n) is 3.96. The lowest BCUT2D eigenvalue weighted by molar-refractivity contribution is -0.122. The Morgan fingerprint density at radius 2 is 2.09 bits per heavy atom. The van der Waals surface area contributed by atoms with Crippen molar-refractivity contribution in [2.45, 2.75) is 38.4 Å². The van der Waals surface area contributed by atoms with Crippen LogP contribution in [0.1, 0.15) is 30.4 Å². The molecule has 1 saturated heterocycles. The smallest absolute Gasteiger partial charge is 0.237 e. The first-order valence-electron chi connectivity index (χ1n) is 7.87. The second-order valence-corrected chi connectivity index (χ2v) is 5.75. The first-order chi connectivity index (χ1) is 10.8. The number of carbonyl (C=O) groups is 1. The largest absolute Gasteiger partial charge is 0.355 e. The summed E-state index contributed by atoms with van der Waals surface area (Å²) < 4.78 is 1.93. The normalized spacial score (nSPS) is 18.7. The van der Waals surface area contributed by atoms with E-state index in [9.17, 15) is 4.79 Å². The van der Waals surface area contributed by atoms with E-state index in [1.807, 2.05) is 35.3 Å². The van der Waals surface area contributed by atoms with Gasteiger partial charge in [0.2, 0.25) is 5.91 Å². The first-order valence-corrected chi connectivity index (χ1v) is 7.87. The highest BCUT2D eigenvalue weighted by Gasteiger charge is 2.19. The van der Waals surface area contributed by atoms with Crippen molar-refractivity contribution in [1.82, 2.24) is 20.4 Å². The van der Waals surface area contributed by atoms with E-state index in [0.717, 1.165) is 37.9 Å². The molecule has 116 valence electrons. The number of carbonyl (C=O) groups excluding carboxylic acids is 1. The van der Waals surface area contributed by atoms with Gasteiger partial charge in [-0.2, -0.15) is 5.10 Å². The van der Waals surface area contributed by atoms with Crippen LogP contribution in [0.3, 0.4) is 0 Å². The molecular formula is C17H22N4O. The van der Waals surface area contributed by atoms with Crippen molar-refractivity contribution in [2.75, 3.05) is 6.54 Å². The first kappa shape index (κ1) is 14.8. The average molecular weight is 298 g/mol. The third-order valence-corrected chi connectivity index (χ3v) is 3.96. The van der Waals surface area contributed by atoms with Gasteiger partial charge in [-0.05, 0) is 24.8 Å². The van der Waals surface area contributed by atoms with Gasteiger partial charge in [0.25, 0.3) is 0 Å². The molecule has 2 heterocycles. The van der Waals surface area contributed by atoms with Crippen molar-refractivity contribution in [2.24, 2.45) is 0 Å².